The van der Waals surface area contributed by atoms with E-state index in [9.17, 15) is 9.59 Å². The van der Waals surface area contributed by atoms with Crippen LogP contribution in [0.3, 0.4) is 0 Å². The third-order valence-corrected chi connectivity index (χ3v) is 4.13. The van der Waals surface area contributed by atoms with Crippen LogP contribution in [0.1, 0.15) is 28.3 Å². The van der Waals surface area contributed by atoms with Gasteiger partial charge >= 0.3 is 0 Å². The second kappa shape index (κ2) is 6.81. The summed E-state index contributed by atoms with van der Waals surface area (Å²) in [5.41, 5.74) is 5.86. The molecule has 2 rings (SSSR count). The maximum atomic E-state index is 12.3. The summed E-state index contributed by atoms with van der Waals surface area (Å²) >= 11 is 1.46. The van der Waals surface area contributed by atoms with Gasteiger partial charge in [0.05, 0.1) is 10.9 Å². The van der Waals surface area contributed by atoms with E-state index >= 15 is 0 Å². The molecule has 7 heteroatoms. The maximum absolute atomic E-state index is 12.3. The second-order valence-corrected chi connectivity index (χ2v) is 5.98. The van der Waals surface area contributed by atoms with Crippen molar-refractivity contribution >= 4 is 23.2 Å². The van der Waals surface area contributed by atoms with Gasteiger partial charge in [0.1, 0.15) is 5.69 Å². The summed E-state index contributed by atoms with van der Waals surface area (Å²) < 4.78 is 0. The Kier molecular flexibility index (Phi) is 5.08. The molecule has 1 atom stereocenters. The Morgan fingerprint density at radius 2 is 2.40 bits per heavy atom. The van der Waals surface area contributed by atoms with Crippen LogP contribution in [0.2, 0.25) is 0 Å². The van der Waals surface area contributed by atoms with Gasteiger partial charge in [0, 0.05) is 31.6 Å². The van der Waals surface area contributed by atoms with E-state index in [0.717, 1.165) is 17.8 Å². The highest BCUT2D eigenvalue weighted by molar-refractivity contribution is 7.09. The van der Waals surface area contributed by atoms with E-state index in [-0.39, 0.29) is 17.7 Å². The highest BCUT2D eigenvalue weighted by Gasteiger charge is 2.29. The first-order valence-corrected chi connectivity index (χ1v) is 7.69. The molecule has 0 saturated carbocycles. The van der Waals surface area contributed by atoms with Crippen molar-refractivity contribution in [3.63, 3.8) is 0 Å². The van der Waals surface area contributed by atoms with Gasteiger partial charge in [0.25, 0.3) is 5.91 Å². The summed E-state index contributed by atoms with van der Waals surface area (Å²) in [6, 6.07) is 0. The molecule has 20 heavy (non-hydrogen) atoms. The van der Waals surface area contributed by atoms with Crippen LogP contribution in [0.5, 0.6) is 0 Å². The van der Waals surface area contributed by atoms with Crippen molar-refractivity contribution in [1.82, 2.24) is 15.2 Å². The Morgan fingerprint density at radius 1 is 1.60 bits per heavy atom. The number of amides is 2. The number of nitrogens with zero attached hydrogens (tertiary/aromatic N) is 2. The molecule has 0 aliphatic carbocycles. The quantitative estimate of drug-likeness (QED) is 0.840. The van der Waals surface area contributed by atoms with Crippen molar-refractivity contribution < 1.29 is 9.59 Å². The topological polar surface area (TPSA) is 88.3 Å². The smallest absolute Gasteiger partial charge is 0.273 e. The molecule has 2 heterocycles. The lowest BCUT2D eigenvalue weighted by Gasteiger charge is -2.31. The lowest BCUT2D eigenvalue weighted by molar-refractivity contribution is -0.126. The van der Waals surface area contributed by atoms with Gasteiger partial charge in [-0.1, -0.05) is 0 Å². The Bertz CT molecular complexity index is 488. The van der Waals surface area contributed by atoms with Gasteiger partial charge in [-0.25, -0.2) is 4.98 Å². The second-order valence-electron chi connectivity index (χ2n) is 4.92. The SMILES string of the molecule is Cc1nc(C(=O)N2CCCC(C(=O)NCCN)C2)cs1. The molecule has 1 aliphatic rings. The molecule has 0 aromatic carbocycles. The zero-order chi connectivity index (χ0) is 14.5. The number of aryl methyl sites for hydroxylation is 1. The average molecular weight is 296 g/mol. The molecule has 1 aliphatic heterocycles. The standard InChI is InChI=1S/C13H20N4O2S/c1-9-16-11(8-20-9)13(19)17-6-2-3-10(7-17)12(18)15-5-4-14/h8,10H,2-7,14H2,1H3,(H,15,18). The molecule has 1 aromatic heterocycles. The van der Waals surface area contributed by atoms with Crippen molar-refractivity contribution in [1.29, 1.82) is 0 Å². The van der Waals surface area contributed by atoms with Gasteiger partial charge in [0.15, 0.2) is 0 Å². The number of nitrogens with two attached hydrogens (primary N) is 1. The number of hydrogen-bond donors (Lipinski definition) is 2. The summed E-state index contributed by atoms with van der Waals surface area (Å²) in [4.78, 5) is 30.2. The van der Waals surface area contributed by atoms with Crippen LogP contribution in [0.25, 0.3) is 0 Å². The van der Waals surface area contributed by atoms with Gasteiger partial charge in [-0.15, -0.1) is 11.3 Å². The van der Waals surface area contributed by atoms with E-state index in [1.54, 1.807) is 10.3 Å². The minimum absolute atomic E-state index is 0.0117. The molecular weight excluding hydrogens is 276 g/mol. The molecule has 0 radical (unpaired) electrons. The molecule has 6 nitrogen and oxygen atoms in total. The summed E-state index contributed by atoms with van der Waals surface area (Å²) in [7, 11) is 0. The van der Waals surface area contributed by atoms with Crippen molar-refractivity contribution in [2.75, 3.05) is 26.2 Å². The van der Waals surface area contributed by atoms with Crippen molar-refractivity contribution in [2.24, 2.45) is 11.7 Å². The predicted octanol–water partition coefficient (Wildman–Crippen LogP) is 0.379. The maximum Gasteiger partial charge on any atom is 0.273 e. The van der Waals surface area contributed by atoms with E-state index in [4.69, 9.17) is 5.73 Å². The number of rotatable bonds is 4. The van der Waals surface area contributed by atoms with Crippen LogP contribution < -0.4 is 11.1 Å². The molecule has 2 amide bonds. The minimum atomic E-state index is -0.140. The summed E-state index contributed by atoms with van der Waals surface area (Å²) in [5, 5.41) is 5.44. The number of nitrogens with one attached hydrogen (secondary N) is 1. The fourth-order valence-electron chi connectivity index (χ4n) is 2.34. The normalized spacial score (nSPS) is 18.9. The Hall–Kier alpha value is -1.47. The van der Waals surface area contributed by atoms with Crippen molar-refractivity contribution in [3.05, 3.63) is 16.1 Å². The number of hydrogen-bond acceptors (Lipinski definition) is 5. The molecule has 3 N–H and O–H groups in total. The lowest BCUT2D eigenvalue weighted by Crippen LogP contribution is -2.46. The van der Waals surface area contributed by atoms with E-state index in [1.165, 1.54) is 11.3 Å². The third kappa shape index (κ3) is 3.55. The minimum Gasteiger partial charge on any atom is -0.355 e. The predicted molar refractivity (Wildman–Crippen MR) is 77.5 cm³/mol. The molecule has 1 saturated heterocycles. The lowest BCUT2D eigenvalue weighted by atomic mass is 9.97. The number of piperidine rings is 1. The number of thiazole rings is 1. The van der Waals surface area contributed by atoms with Crippen LogP contribution in [0.4, 0.5) is 0 Å². The van der Waals surface area contributed by atoms with Crippen molar-refractivity contribution in [3.8, 4) is 0 Å². The molecule has 1 unspecified atom stereocenters. The molecule has 0 bridgehead atoms. The number of likely N-dealkylation sites (tertiary alicyclic amines) is 1. The zero-order valence-corrected chi connectivity index (χ0v) is 12.4. The highest BCUT2D eigenvalue weighted by atomic mass is 32.1. The molecule has 0 spiro atoms. The third-order valence-electron chi connectivity index (χ3n) is 3.36. The number of carbonyl (C=O) groups is 2. The van der Waals surface area contributed by atoms with E-state index in [1.807, 2.05) is 6.92 Å². The Balaban J connectivity index is 1.96. The van der Waals surface area contributed by atoms with Gasteiger partial charge in [0.2, 0.25) is 5.91 Å². The van der Waals surface area contributed by atoms with Crippen LogP contribution >= 0.6 is 11.3 Å². The first-order valence-electron chi connectivity index (χ1n) is 6.81. The molecular formula is C13H20N4O2S. The first-order chi connectivity index (χ1) is 9.61. The summed E-state index contributed by atoms with van der Waals surface area (Å²) in [5.74, 6) is -0.230. The number of aromatic nitrogens is 1. The largest absolute Gasteiger partial charge is 0.355 e. The molecule has 110 valence electrons. The van der Waals surface area contributed by atoms with E-state index in [2.05, 4.69) is 10.3 Å². The highest BCUT2D eigenvalue weighted by Crippen LogP contribution is 2.19. The first kappa shape index (κ1) is 14.9. The van der Waals surface area contributed by atoms with Gasteiger partial charge in [-0.05, 0) is 19.8 Å². The van der Waals surface area contributed by atoms with Gasteiger partial charge < -0.3 is 16.0 Å². The fraction of sp³-hybridized carbons (Fsp3) is 0.615. The summed E-state index contributed by atoms with van der Waals surface area (Å²) in [6.45, 7) is 3.94. The Labute approximate surface area is 122 Å². The summed E-state index contributed by atoms with van der Waals surface area (Å²) in [6.07, 6.45) is 1.66. The zero-order valence-electron chi connectivity index (χ0n) is 11.6. The molecule has 1 fully saturated rings. The van der Waals surface area contributed by atoms with E-state index in [0.29, 0.717) is 31.9 Å². The fourth-order valence-corrected chi connectivity index (χ4v) is 2.93. The van der Waals surface area contributed by atoms with Crippen LogP contribution in [-0.2, 0) is 4.79 Å². The van der Waals surface area contributed by atoms with Crippen LogP contribution in [-0.4, -0.2) is 47.9 Å². The molecule has 1 aromatic rings. The van der Waals surface area contributed by atoms with Crippen LogP contribution in [0, 0.1) is 12.8 Å². The number of carbonyl (C=O) groups excluding carboxylic acids is 2. The van der Waals surface area contributed by atoms with Gasteiger partial charge in [-0.3, -0.25) is 9.59 Å². The van der Waals surface area contributed by atoms with Gasteiger partial charge in [-0.2, -0.15) is 0 Å². The van der Waals surface area contributed by atoms with Crippen LogP contribution in [0.15, 0.2) is 5.38 Å². The average Bonchev–Trinajstić information content (AvgIpc) is 2.90. The Morgan fingerprint density at radius 3 is 3.05 bits per heavy atom. The monoisotopic (exact) mass is 296 g/mol. The van der Waals surface area contributed by atoms with Crippen molar-refractivity contribution in [2.45, 2.75) is 19.8 Å². The van der Waals surface area contributed by atoms with E-state index < -0.39 is 0 Å².